The summed E-state index contributed by atoms with van der Waals surface area (Å²) in [5.41, 5.74) is 5.74. The Kier molecular flexibility index (Phi) is 1.68. The minimum Gasteiger partial charge on any atom is -0.344 e. The molecule has 3 aromatic rings. The van der Waals surface area contributed by atoms with Gasteiger partial charge in [-0.3, -0.25) is 4.98 Å². The molecular formula is C10H10BN3S. The molecule has 0 amide bonds. The van der Waals surface area contributed by atoms with Crippen molar-refractivity contribution in [2.24, 2.45) is 0 Å². The largest absolute Gasteiger partial charge is 0.344 e. The van der Waals surface area contributed by atoms with Gasteiger partial charge in [-0.2, -0.15) is 0 Å². The van der Waals surface area contributed by atoms with E-state index in [2.05, 4.69) is 28.8 Å². The first-order valence-corrected chi connectivity index (χ1v) is 5.69. The maximum Gasteiger partial charge on any atom is 0.177 e. The van der Waals surface area contributed by atoms with E-state index in [0.29, 0.717) is 0 Å². The summed E-state index contributed by atoms with van der Waals surface area (Å²) in [5, 5.41) is 0. The molecule has 0 unspecified atom stereocenters. The molecule has 0 saturated heterocycles. The van der Waals surface area contributed by atoms with Crippen molar-refractivity contribution in [1.29, 1.82) is 0 Å². The van der Waals surface area contributed by atoms with Gasteiger partial charge in [0.15, 0.2) is 7.85 Å². The number of thiazole rings is 1. The van der Waals surface area contributed by atoms with E-state index in [1.54, 1.807) is 17.7 Å². The van der Waals surface area contributed by atoms with Gasteiger partial charge in [0, 0.05) is 10.5 Å². The van der Waals surface area contributed by atoms with Crippen molar-refractivity contribution in [3.63, 3.8) is 0 Å². The third kappa shape index (κ3) is 1.07. The molecule has 3 rings (SSSR count). The van der Waals surface area contributed by atoms with E-state index in [1.165, 1.54) is 15.8 Å². The van der Waals surface area contributed by atoms with Gasteiger partial charge in [-0.15, -0.1) is 11.3 Å². The van der Waals surface area contributed by atoms with Gasteiger partial charge in [0.05, 0.1) is 27.6 Å². The lowest BCUT2D eigenvalue weighted by Gasteiger charge is -2.01. The van der Waals surface area contributed by atoms with Crippen molar-refractivity contribution in [1.82, 2.24) is 15.0 Å². The van der Waals surface area contributed by atoms with Crippen LogP contribution in [0.25, 0.3) is 21.3 Å². The second kappa shape index (κ2) is 2.82. The Morgan fingerprint density at radius 2 is 2.07 bits per heavy atom. The Hall–Kier alpha value is -1.36. The number of rotatable bonds is 0. The topological polar surface area (TPSA) is 41.6 Å². The fraction of sp³-hybridized carbons (Fsp3) is 0.200. The quantitative estimate of drug-likeness (QED) is 0.569. The van der Waals surface area contributed by atoms with Crippen LogP contribution < -0.4 is 4.91 Å². The summed E-state index contributed by atoms with van der Waals surface area (Å²) in [5.74, 6) is 0. The maximum absolute atomic E-state index is 4.57. The number of hydrogen-bond donors (Lipinski definition) is 1. The fourth-order valence-corrected chi connectivity index (χ4v) is 3.00. The highest BCUT2D eigenvalue weighted by molar-refractivity contribution is 7.25. The lowest BCUT2D eigenvalue weighted by molar-refractivity contribution is 1.33. The van der Waals surface area contributed by atoms with Crippen molar-refractivity contribution >= 4 is 45.3 Å². The summed E-state index contributed by atoms with van der Waals surface area (Å²) in [4.78, 5) is 13.2. The lowest BCUT2D eigenvalue weighted by Crippen LogP contribution is -1.97. The van der Waals surface area contributed by atoms with Crippen LogP contribution in [-0.4, -0.2) is 22.8 Å². The van der Waals surface area contributed by atoms with Gasteiger partial charge in [0.2, 0.25) is 0 Å². The molecule has 2 aromatic heterocycles. The average molecular weight is 215 g/mol. The van der Waals surface area contributed by atoms with Crippen LogP contribution in [0.1, 0.15) is 11.1 Å². The van der Waals surface area contributed by atoms with E-state index >= 15 is 0 Å². The minimum atomic E-state index is 1.07. The van der Waals surface area contributed by atoms with E-state index < -0.39 is 0 Å². The van der Waals surface area contributed by atoms with Gasteiger partial charge in [-0.1, -0.05) is 0 Å². The minimum absolute atomic E-state index is 1.07. The molecule has 5 heteroatoms. The highest BCUT2D eigenvalue weighted by Gasteiger charge is 2.13. The highest BCUT2D eigenvalue weighted by atomic mass is 32.1. The van der Waals surface area contributed by atoms with E-state index in [-0.39, 0.29) is 0 Å². The molecule has 0 fully saturated rings. The summed E-state index contributed by atoms with van der Waals surface area (Å²) in [7, 11) is 2.05. The zero-order valence-electron chi connectivity index (χ0n) is 8.88. The number of nitrogens with zero attached hydrogens (tertiary/aromatic N) is 2. The van der Waals surface area contributed by atoms with Gasteiger partial charge in [0.25, 0.3) is 0 Å². The summed E-state index contributed by atoms with van der Waals surface area (Å²) in [6.07, 6.45) is 1.75. The van der Waals surface area contributed by atoms with Gasteiger partial charge in [-0.05, 0) is 19.4 Å². The second-order valence-corrected chi connectivity index (χ2v) is 4.99. The monoisotopic (exact) mass is 215 g/mol. The van der Waals surface area contributed by atoms with Gasteiger partial charge < -0.3 is 4.98 Å². The molecule has 0 aliphatic heterocycles. The van der Waals surface area contributed by atoms with Crippen LogP contribution in [0.5, 0.6) is 0 Å². The highest BCUT2D eigenvalue weighted by Crippen LogP contribution is 2.30. The Labute approximate surface area is 92.0 Å². The Bertz CT molecular complexity index is 614. The Balaban J connectivity index is 2.67. The molecule has 3 nitrogen and oxygen atoms in total. The molecule has 0 radical (unpaired) electrons. The molecule has 0 bridgehead atoms. The molecule has 15 heavy (non-hydrogen) atoms. The van der Waals surface area contributed by atoms with Crippen molar-refractivity contribution in [2.75, 3.05) is 0 Å². The standard InChI is InChI=1S/C10H10BN3S/c1-4-6-7(13-3-12-6)5(2)9-8(4)14-10(11)15-9/h3H,11H2,1-2H3,(H,12,13). The van der Waals surface area contributed by atoms with Crippen molar-refractivity contribution in [2.45, 2.75) is 13.8 Å². The van der Waals surface area contributed by atoms with Gasteiger partial charge in [-0.25, -0.2) is 4.98 Å². The average Bonchev–Trinajstić information content (AvgIpc) is 2.79. The number of nitrogens with one attached hydrogen (secondary N) is 1. The molecule has 0 aliphatic rings. The third-order valence-electron chi connectivity index (χ3n) is 2.80. The number of benzene rings is 1. The van der Waals surface area contributed by atoms with E-state index in [0.717, 1.165) is 21.5 Å². The van der Waals surface area contributed by atoms with Crippen LogP contribution in [0.2, 0.25) is 0 Å². The molecule has 2 heterocycles. The molecule has 1 N–H and O–H groups in total. The van der Waals surface area contributed by atoms with Crippen LogP contribution in [0.15, 0.2) is 6.33 Å². The molecule has 1 aromatic carbocycles. The number of H-pyrrole nitrogens is 1. The molecule has 0 saturated carbocycles. The molecule has 0 atom stereocenters. The van der Waals surface area contributed by atoms with Crippen LogP contribution in [0.3, 0.4) is 0 Å². The van der Waals surface area contributed by atoms with Crippen LogP contribution in [0, 0.1) is 13.8 Å². The number of fused-ring (bicyclic) bond motifs is 2. The van der Waals surface area contributed by atoms with E-state index in [9.17, 15) is 0 Å². The fourth-order valence-electron chi connectivity index (χ4n) is 2.03. The number of aromatic nitrogens is 3. The smallest absolute Gasteiger partial charge is 0.177 e. The number of imidazole rings is 1. The first-order valence-electron chi connectivity index (χ1n) is 4.88. The first-order chi connectivity index (χ1) is 7.18. The predicted molar refractivity (Wildman–Crippen MR) is 66.9 cm³/mol. The van der Waals surface area contributed by atoms with Crippen molar-refractivity contribution in [3.8, 4) is 0 Å². The third-order valence-corrected chi connectivity index (χ3v) is 3.89. The lowest BCUT2D eigenvalue weighted by atomic mass is 10.1. The summed E-state index contributed by atoms with van der Waals surface area (Å²) < 4.78 is 1.27. The molecule has 0 aliphatic carbocycles. The SMILES string of the molecule is Bc1nc2c(C)c3[nH]cnc3c(C)c2s1. The van der Waals surface area contributed by atoms with Gasteiger partial charge in [0.1, 0.15) is 0 Å². The van der Waals surface area contributed by atoms with Crippen LogP contribution in [-0.2, 0) is 0 Å². The summed E-state index contributed by atoms with van der Waals surface area (Å²) in [6.45, 7) is 4.21. The zero-order chi connectivity index (χ0) is 10.6. The maximum atomic E-state index is 4.57. The van der Waals surface area contributed by atoms with Crippen molar-refractivity contribution in [3.05, 3.63) is 17.5 Å². The molecule has 74 valence electrons. The Morgan fingerprint density at radius 1 is 1.27 bits per heavy atom. The Morgan fingerprint density at radius 3 is 2.87 bits per heavy atom. The number of hydrogen-bond acceptors (Lipinski definition) is 3. The molecule has 0 spiro atoms. The number of aryl methyl sites for hydroxylation is 2. The van der Waals surface area contributed by atoms with Crippen molar-refractivity contribution < 1.29 is 0 Å². The van der Waals surface area contributed by atoms with Crippen LogP contribution in [0.4, 0.5) is 0 Å². The summed E-state index contributed by atoms with van der Waals surface area (Å²) in [6, 6.07) is 0. The van der Waals surface area contributed by atoms with Gasteiger partial charge >= 0.3 is 0 Å². The van der Waals surface area contributed by atoms with E-state index in [4.69, 9.17) is 0 Å². The normalized spacial score (nSPS) is 11.6. The predicted octanol–water partition coefficient (Wildman–Crippen LogP) is 1.05. The zero-order valence-corrected chi connectivity index (χ0v) is 9.70. The second-order valence-electron chi connectivity index (χ2n) is 3.79. The van der Waals surface area contributed by atoms with Crippen LogP contribution >= 0.6 is 11.3 Å². The summed E-state index contributed by atoms with van der Waals surface area (Å²) >= 11 is 1.75. The number of aromatic amines is 1. The van der Waals surface area contributed by atoms with E-state index in [1.807, 2.05) is 7.85 Å². The molecular weight excluding hydrogens is 205 g/mol. The first kappa shape index (κ1) is 8.91.